The van der Waals surface area contributed by atoms with Crippen LogP contribution in [0, 0.1) is 0 Å². The highest BCUT2D eigenvalue weighted by atomic mass is 35.5. The van der Waals surface area contributed by atoms with E-state index in [0.29, 0.717) is 21.6 Å². The Morgan fingerprint density at radius 2 is 2.14 bits per heavy atom. The van der Waals surface area contributed by atoms with Gasteiger partial charge in [-0.3, -0.25) is 4.79 Å². The van der Waals surface area contributed by atoms with E-state index in [-0.39, 0.29) is 18.3 Å². The summed E-state index contributed by atoms with van der Waals surface area (Å²) in [6.07, 6.45) is 3.82. The molecular formula is C14H14Cl3N3OS. The number of nitrogens with zero attached hydrogens (tertiary/aromatic N) is 1. The molecule has 3 N–H and O–H groups in total. The Labute approximate surface area is 148 Å². The zero-order chi connectivity index (χ0) is 15.0. The Hall–Kier alpha value is -0.850. The number of rotatable bonds is 4. The second-order valence-electron chi connectivity index (χ2n) is 5.15. The molecule has 1 aromatic carbocycles. The third-order valence-electron chi connectivity index (χ3n) is 3.39. The lowest BCUT2D eigenvalue weighted by molar-refractivity contribution is -0.118. The van der Waals surface area contributed by atoms with Gasteiger partial charge < -0.3 is 11.1 Å². The first kappa shape index (κ1) is 17.5. The number of halogens is 3. The fourth-order valence-corrected chi connectivity index (χ4v) is 3.11. The summed E-state index contributed by atoms with van der Waals surface area (Å²) in [5, 5.41) is 4.63. The van der Waals surface area contributed by atoms with Crippen LogP contribution in [-0.2, 0) is 11.2 Å². The summed E-state index contributed by atoms with van der Waals surface area (Å²) in [7, 11) is 0. The Morgan fingerprint density at radius 1 is 1.41 bits per heavy atom. The molecule has 118 valence electrons. The van der Waals surface area contributed by atoms with E-state index in [1.807, 2.05) is 6.07 Å². The largest absolute Gasteiger partial charge is 0.317 e. The van der Waals surface area contributed by atoms with Crippen molar-refractivity contribution in [2.45, 2.75) is 24.8 Å². The zero-order valence-corrected chi connectivity index (χ0v) is 14.6. The molecule has 1 fully saturated rings. The van der Waals surface area contributed by atoms with Crippen LogP contribution in [0.3, 0.4) is 0 Å². The van der Waals surface area contributed by atoms with Gasteiger partial charge in [-0.15, -0.1) is 23.7 Å². The first-order valence-corrected chi connectivity index (χ1v) is 8.02. The number of carbonyl (C=O) groups excluding carboxylic acids is 1. The summed E-state index contributed by atoms with van der Waals surface area (Å²) >= 11 is 13.5. The van der Waals surface area contributed by atoms with E-state index in [2.05, 4.69) is 10.3 Å². The molecule has 0 saturated heterocycles. The number of hydrogen-bond acceptors (Lipinski definition) is 4. The van der Waals surface area contributed by atoms with E-state index in [0.717, 1.165) is 23.3 Å². The minimum Gasteiger partial charge on any atom is -0.317 e. The van der Waals surface area contributed by atoms with Crippen LogP contribution in [0.25, 0.3) is 0 Å². The van der Waals surface area contributed by atoms with Gasteiger partial charge in [-0.25, -0.2) is 4.98 Å². The fourth-order valence-electron chi connectivity index (χ4n) is 1.90. The monoisotopic (exact) mass is 377 g/mol. The van der Waals surface area contributed by atoms with Gasteiger partial charge in [-0.05, 0) is 36.6 Å². The van der Waals surface area contributed by atoms with Gasteiger partial charge in [0.2, 0.25) is 5.91 Å². The lowest BCUT2D eigenvalue weighted by Gasteiger charge is -2.06. The van der Waals surface area contributed by atoms with Crippen LogP contribution in [0.15, 0.2) is 24.4 Å². The molecule has 1 aliphatic rings. The van der Waals surface area contributed by atoms with Crippen molar-refractivity contribution in [2.75, 3.05) is 5.32 Å². The maximum atomic E-state index is 11.9. The molecule has 0 bridgehead atoms. The quantitative estimate of drug-likeness (QED) is 0.848. The second-order valence-corrected chi connectivity index (χ2v) is 7.11. The number of aromatic nitrogens is 1. The number of nitrogens with two attached hydrogens (primary N) is 1. The molecule has 22 heavy (non-hydrogen) atoms. The molecular weight excluding hydrogens is 365 g/mol. The number of amides is 1. The molecule has 0 spiro atoms. The SMILES string of the molecule is Cl.NC1(C(=O)Nc2ncc(Cc3cc(Cl)ccc3Cl)s2)CC1. The minimum absolute atomic E-state index is 0. The van der Waals surface area contributed by atoms with Crippen LogP contribution in [0.1, 0.15) is 23.3 Å². The lowest BCUT2D eigenvalue weighted by atomic mass is 10.1. The molecule has 0 unspecified atom stereocenters. The number of benzene rings is 1. The zero-order valence-electron chi connectivity index (χ0n) is 11.4. The van der Waals surface area contributed by atoms with Crippen molar-refractivity contribution in [3.8, 4) is 0 Å². The summed E-state index contributed by atoms with van der Waals surface area (Å²) in [5.41, 5.74) is 6.08. The van der Waals surface area contributed by atoms with E-state index in [9.17, 15) is 4.79 Å². The predicted molar refractivity (Wildman–Crippen MR) is 93.4 cm³/mol. The van der Waals surface area contributed by atoms with Crippen LogP contribution in [0.4, 0.5) is 5.13 Å². The predicted octanol–water partition coefficient (Wildman–Crippen LogP) is 3.89. The second kappa shape index (κ2) is 6.72. The van der Waals surface area contributed by atoms with Crippen molar-refractivity contribution in [1.29, 1.82) is 0 Å². The van der Waals surface area contributed by atoms with E-state index < -0.39 is 5.54 Å². The molecule has 1 aliphatic carbocycles. The average Bonchev–Trinajstić information content (AvgIpc) is 3.04. The summed E-state index contributed by atoms with van der Waals surface area (Å²) in [6.45, 7) is 0. The summed E-state index contributed by atoms with van der Waals surface area (Å²) in [5.74, 6) is -0.163. The summed E-state index contributed by atoms with van der Waals surface area (Å²) < 4.78 is 0. The van der Waals surface area contributed by atoms with E-state index >= 15 is 0 Å². The van der Waals surface area contributed by atoms with Gasteiger partial charge in [0.1, 0.15) is 0 Å². The molecule has 1 saturated carbocycles. The van der Waals surface area contributed by atoms with Gasteiger partial charge in [0, 0.05) is 27.5 Å². The molecule has 1 aromatic heterocycles. The van der Waals surface area contributed by atoms with Gasteiger partial charge >= 0.3 is 0 Å². The number of anilines is 1. The van der Waals surface area contributed by atoms with Gasteiger partial charge in [-0.1, -0.05) is 23.2 Å². The van der Waals surface area contributed by atoms with Crippen LogP contribution < -0.4 is 11.1 Å². The normalized spacial score (nSPS) is 15.0. The van der Waals surface area contributed by atoms with Crippen LogP contribution in [0.2, 0.25) is 10.0 Å². The number of nitrogens with one attached hydrogen (secondary N) is 1. The van der Waals surface area contributed by atoms with Crippen LogP contribution >= 0.6 is 46.9 Å². The molecule has 0 aliphatic heterocycles. The van der Waals surface area contributed by atoms with E-state index in [4.69, 9.17) is 28.9 Å². The maximum absolute atomic E-state index is 11.9. The molecule has 1 amide bonds. The minimum atomic E-state index is -0.692. The highest BCUT2D eigenvalue weighted by Crippen LogP contribution is 2.34. The molecule has 1 heterocycles. The first-order valence-electron chi connectivity index (χ1n) is 6.45. The molecule has 2 aromatic rings. The Balaban J connectivity index is 0.00000176. The number of hydrogen-bond donors (Lipinski definition) is 2. The van der Waals surface area contributed by atoms with Crippen molar-refractivity contribution in [3.63, 3.8) is 0 Å². The van der Waals surface area contributed by atoms with Crippen LogP contribution in [0.5, 0.6) is 0 Å². The lowest BCUT2D eigenvalue weighted by Crippen LogP contribution is -2.37. The summed E-state index contributed by atoms with van der Waals surface area (Å²) in [6, 6.07) is 5.36. The van der Waals surface area contributed by atoms with Crippen molar-refractivity contribution < 1.29 is 4.79 Å². The fraction of sp³-hybridized carbons (Fsp3) is 0.286. The molecule has 3 rings (SSSR count). The molecule has 8 heteroatoms. The smallest absolute Gasteiger partial charge is 0.246 e. The topological polar surface area (TPSA) is 68.0 Å². The van der Waals surface area contributed by atoms with Crippen molar-refractivity contribution in [1.82, 2.24) is 4.98 Å². The van der Waals surface area contributed by atoms with Gasteiger partial charge in [0.15, 0.2) is 5.13 Å². The van der Waals surface area contributed by atoms with E-state index in [1.54, 1.807) is 18.3 Å². The summed E-state index contributed by atoms with van der Waals surface area (Å²) in [4.78, 5) is 17.1. The first-order chi connectivity index (χ1) is 9.96. The Bertz CT molecular complexity index is 700. The molecule has 0 radical (unpaired) electrons. The maximum Gasteiger partial charge on any atom is 0.246 e. The Morgan fingerprint density at radius 3 is 2.82 bits per heavy atom. The standard InChI is InChI=1S/C14H13Cl2N3OS.ClH/c15-9-1-2-11(16)8(5-9)6-10-7-18-13(21-10)19-12(20)14(17)3-4-14;/h1-2,5,7H,3-4,6,17H2,(H,18,19,20);1H. The third kappa shape index (κ3) is 3.91. The van der Waals surface area contributed by atoms with Gasteiger partial charge in [0.25, 0.3) is 0 Å². The Kier molecular flexibility index (Phi) is 5.35. The van der Waals surface area contributed by atoms with Gasteiger partial charge in [0.05, 0.1) is 5.54 Å². The highest BCUT2D eigenvalue weighted by molar-refractivity contribution is 7.15. The van der Waals surface area contributed by atoms with Crippen molar-refractivity contribution >= 4 is 58.0 Å². The van der Waals surface area contributed by atoms with Gasteiger partial charge in [-0.2, -0.15) is 0 Å². The average molecular weight is 379 g/mol. The number of carbonyl (C=O) groups is 1. The third-order valence-corrected chi connectivity index (χ3v) is 4.90. The highest BCUT2D eigenvalue weighted by Gasteiger charge is 2.46. The van der Waals surface area contributed by atoms with E-state index in [1.165, 1.54) is 11.3 Å². The van der Waals surface area contributed by atoms with Crippen molar-refractivity contribution in [3.05, 3.63) is 44.9 Å². The van der Waals surface area contributed by atoms with Crippen molar-refractivity contribution in [2.24, 2.45) is 5.73 Å². The molecule has 0 atom stereocenters. The molecule has 4 nitrogen and oxygen atoms in total. The van der Waals surface area contributed by atoms with Crippen LogP contribution in [-0.4, -0.2) is 16.4 Å². The number of thiazole rings is 1.